The summed E-state index contributed by atoms with van der Waals surface area (Å²) in [7, 11) is -4.37. The summed E-state index contributed by atoms with van der Waals surface area (Å²) in [5.41, 5.74) is -1.90. The number of thiazole rings is 1. The first-order valence-corrected chi connectivity index (χ1v) is 9.53. The number of H-pyrrole nitrogens is 1. The standard InChI is InChI=1S/C15H10F5N3O2S2/c1-7-22-14(6-26-7)13-2-8(5-21-13)27(24,25)23-12-4-10(16)9(3-11(12)17)15(18,19)20/h2-6,21,23H,1H3. The van der Waals surface area contributed by atoms with Crippen LogP contribution in [0.4, 0.5) is 27.6 Å². The monoisotopic (exact) mass is 423 g/mol. The van der Waals surface area contributed by atoms with Gasteiger partial charge in [-0.2, -0.15) is 13.2 Å². The molecule has 27 heavy (non-hydrogen) atoms. The first kappa shape index (κ1) is 19.3. The predicted molar refractivity (Wildman–Crippen MR) is 88.8 cm³/mol. The number of aromatic nitrogens is 2. The lowest BCUT2D eigenvalue weighted by molar-refractivity contribution is -0.140. The molecule has 3 rings (SSSR count). The Bertz CT molecular complexity index is 1100. The third-order valence-corrected chi connectivity index (χ3v) is 5.59. The third kappa shape index (κ3) is 3.95. The highest BCUT2D eigenvalue weighted by Gasteiger charge is 2.35. The van der Waals surface area contributed by atoms with E-state index in [9.17, 15) is 30.4 Å². The minimum Gasteiger partial charge on any atom is -0.359 e. The van der Waals surface area contributed by atoms with Gasteiger partial charge in [0, 0.05) is 17.6 Å². The Hall–Kier alpha value is -2.47. The first-order valence-electron chi connectivity index (χ1n) is 7.17. The molecule has 2 N–H and O–H groups in total. The van der Waals surface area contributed by atoms with Crippen molar-refractivity contribution in [2.45, 2.75) is 18.0 Å². The van der Waals surface area contributed by atoms with Crippen LogP contribution < -0.4 is 4.72 Å². The number of rotatable bonds is 4. The van der Waals surface area contributed by atoms with E-state index in [1.807, 2.05) is 0 Å². The van der Waals surface area contributed by atoms with Gasteiger partial charge in [-0.1, -0.05) is 0 Å². The lowest BCUT2D eigenvalue weighted by Crippen LogP contribution is -2.15. The highest BCUT2D eigenvalue weighted by atomic mass is 32.2. The van der Waals surface area contributed by atoms with Gasteiger partial charge in [0.15, 0.2) is 0 Å². The van der Waals surface area contributed by atoms with Crippen molar-refractivity contribution in [3.8, 4) is 11.4 Å². The fourth-order valence-corrected chi connectivity index (χ4v) is 3.87. The summed E-state index contributed by atoms with van der Waals surface area (Å²) in [5, 5.41) is 2.44. The van der Waals surface area contributed by atoms with Crippen molar-refractivity contribution in [1.29, 1.82) is 0 Å². The molecule has 0 aliphatic carbocycles. The second-order valence-corrected chi connectivity index (χ2v) is 8.16. The molecule has 0 aliphatic rings. The zero-order valence-electron chi connectivity index (χ0n) is 13.4. The number of nitrogens with zero attached hydrogens (tertiary/aromatic N) is 1. The summed E-state index contributed by atoms with van der Waals surface area (Å²) in [6, 6.07) is 1.26. The molecule has 0 amide bonds. The normalized spacial score (nSPS) is 12.4. The number of hydrogen-bond acceptors (Lipinski definition) is 4. The van der Waals surface area contributed by atoms with Crippen LogP contribution >= 0.6 is 11.3 Å². The van der Waals surface area contributed by atoms with E-state index in [0.717, 1.165) is 11.2 Å². The Labute approximate surface area is 153 Å². The van der Waals surface area contributed by atoms with Gasteiger partial charge in [-0.25, -0.2) is 22.2 Å². The topological polar surface area (TPSA) is 74.8 Å². The van der Waals surface area contributed by atoms with Crippen molar-refractivity contribution in [3.63, 3.8) is 0 Å². The summed E-state index contributed by atoms with van der Waals surface area (Å²) < 4.78 is 91.6. The second-order valence-electron chi connectivity index (χ2n) is 5.42. The molecule has 0 saturated carbocycles. The van der Waals surface area contributed by atoms with Crippen LogP contribution in [0.5, 0.6) is 0 Å². The molecule has 0 atom stereocenters. The number of anilines is 1. The van der Waals surface area contributed by atoms with Crippen molar-refractivity contribution >= 4 is 27.0 Å². The van der Waals surface area contributed by atoms with Gasteiger partial charge in [-0.15, -0.1) is 11.3 Å². The fourth-order valence-electron chi connectivity index (χ4n) is 2.21. The quantitative estimate of drug-likeness (QED) is 0.605. The predicted octanol–water partition coefficient (Wildman–Crippen LogP) is 4.54. The van der Waals surface area contributed by atoms with Crippen LogP contribution in [0.1, 0.15) is 10.6 Å². The van der Waals surface area contributed by atoms with Crippen LogP contribution in [0.2, 0.25) is 0 Å². The van der Waals surface area contributed by atoms with Gasteiger partial charge in [0.2, 0.25) is 0 Å². The lowest BCUT2D eigenvalue weighted by atomic mass is 10.2. The maximum atomic E-state index is 13.9. The van der Waals surface area contributed by atoms with Crippen molar-refractivity contribution in [2.24, 2.45) is 0 Å². The van der Waals surface area contributed by atoms with E-state index in [2.05, 4.69) is 9.97 Å². The molecule has 12 heteroatoms. The van der Waals surface area contributed by atoms with E-state index in [1.54, 1.807) is 17.0 Å². The molecule has 0 fully saturated rings. The highest BCUT2D eigenvalue weighted by Crippen LogP contribution is 2.34. The molecule has 0 bridgehead atoms. The molecule has 0 spiro atoms. The number of aryl methyl sites for hydroxylation is 1. The minimum atomic E-state index is -5.11. The van der Waals surface area contributed by atoms with Crippen LogP contribution in [0.25, 0.3) is 11.4 Å². The maximum Gasteiger partial charge on any atom is 0.419 e. The maximum absolute atomic E-state index is 13.9. The van der Waals surface area contributed by atoms with Crippen LogP contribution in [0.3, 0.4) is 0 Å². The summed E-state index contributed by atoms with van der Waals surface area (Å²) in [6.07, 6.45) is -4.01. The average molecular weight is 423 g/mol. The zero-order valence-corrected chi connectivity index (χ0v) is 15.0. The fraction of sp³-hybridized carbons (Fsp3) is 0.133. The van der Waals surface area contributed by atoms with E-state index >= 15 is 0 Å². The number of nitrogens with one attached hydrogen (secondary N) is 2. The molecule has 0 unspecified atom stereocenters. The number of benzene rings is 1. The second kappa shape index (κ2) is 6.60. The zero-order chi connectivity index (χ0) is 20.0. The molecule has 2 aromatic heterocycles. The Morgan fingerprint density at radius 3 is 2.44 bits per heavy atom. The van der Waals surface area contributed by atoms with Gasteiger partial charge in [0.1, 0.15) is 16.5 Å². The van der Waals surface area contributed by atoms with Crippen molar-refractivity contribution in [2.75, 3.05) is 4.72 Å². The van der Waals surface area contributed by atoms with Gasteiger partial charge in [0.25, 0.3) is 10.0 Å². The molecule has 2 heterocycles. The molecular weight excluding hydrogens is 413 g/mol. The van der Waals surface area contributed by atoms with Crippen LogP contribution in [-0.4, -0.2) is 18.4 Å². The Morgan fingerprint density at radius 2 is 1.85 bits per heavy atom. The summed E-state index contributed by atoms with van der Waals surface area (Å²) in [5.74, 6) is -3.35. The highest BCUT2D eigenvalue weighted by molar-refractivity contribution is 7.92. The molecule has 1 aromatic carbocycles. The van der Waals surface area contributed by atoms with Gasteiger partial charge < -0.3 is 4.98 Å². The number of aromatic amines is 1. The Kier molecular flexibility index (Phi) is 4.72. The molecule has 144 valence electrons. The lowest BCUT2D eigenvalue weighted by Gasteiger charge is -2.12. The van der Waals surface area contributed by atoms with Gasteiger partial charge >= 0.3 is 6.18 Å². The first-order chi connectivity index (χ1) is 12.5. The van der Waals surface area contributed by atoms with Crippen LogP contribution in [0.15, 0.2) is 34.7 Å². The molecular formula is C15H10F5N3O2S2. The summed E-state index contributed by atoms with van der Waals surface area (Å²) >= 11 is 1.35. The number of hydrogen-bond donors (Lipinski definition) is 2. The van der Waals surface area contributed by atoms with E-state index in [1.165, 1.54) is 17.4 Å². The SMILES string of the molecule is Cc1nc(-c2cc(S(=O)(=O)Nc3cc(F)c(C(F)(F)F)cc3F)c[nH]2)cs1. The molecule has 3 aromatic rings. The van der Waals surface area contributed by atoms with Gasteiger partial charge in [0.05, 0.1) is 27.6 Å². The van der Waals surface area contributed by atoms with Gasteiger partial charge in [-0.05, 0) is 19.1 Å². The number of halogens is 5. The van der Waals surface area contributed by atoms with E-state index in [0.29, 0.717) is 11.4 Å². The third-order valence-electron chi connectivity index (χ3n) is 3.47. The van der Waals surface area contributed by atoms with E-state index < -0.39 is 39.1 Å². The molecule has 0 saturated heterocycles. The summed E-state index contributed by atoms with van der Waals surface area (Å²) in [6.45, 7) is 1.76. The molecule has 0 radical (unpaired) electrons. The number of alkyl halides is 3. The molecule has 5 nitrogen and oxygen atoms in total. The van der Waals surface area contributed by atoms with Crippen LogP contribution in [0, 0.1) is 18.6 Å². The van der Waals surface area contributed by atoms with Gasteiger partial charge in [-0.3, -0.25) is 4.72 Å². The van der Waals surface area contributed by atoms with Crippen molar-refractivity contribution in [3.05, 3.63) is 52.0 Å². The Morgan fingerprint density at radius 1 is 1.15 bits per heavy atom. The van der Waals surface area contributed by atoms with Crippen molar-refractivity contribution in [1.82, 2.24) is 9.97 Å². The summed E-state index contributed by atoms with van der Waals surface area (Å²) in [4.78, 5) is 6.55. The minimum absolute atomic E-state index is 0.103. The average Bonchev–Trinajstić information content (AvgIpc) is 3.18. The van der Waals surface area contributed by atoms with E-state index in [-0.39, 0.29) is 17.0 Å². The molecule has 0 aliphatic heterocycles. The Balaban J connectivity index is 1.91. The van der Waals surface area contributed by atoms with E-state index in [4.69, 9.17) is 0 Å². The number of sulfonamides is 1. The van der Waals surface area contributed by atoms with Crippen LogP contribution in [-0.2, 0) is 16.2 Å². The van der Waals surface area contributed by atoms with Crippen molar-refractivity contribution < 1.29 is 30.4 Å². The smallest absolute Gasteiger partial charge is 0.359 e. The largest absolute Gasteiger partial charge is 0.419 e.